The molecule has 0 aliphatic carbocycles. The van der Waals surface area contributed by atoms with E-state index in [9.17, 15) is 5.11 Å². The van der Waals surface area contributed by atoms with Gasteiger partial charge in [0, 0.05) is 0 Å². The zero-order valence-electron chi connectivity index (χ0n) is 9.48. The third-order valence-electron chi connectivity index (χ3n) is 2.83. The summed E-state index contributed by atoms with van der Waals surface area (Å²) in [6, 6.07) is 16.5. The number of hydrogen-bond acceptors (Lipinski definition) is 1. The number of aliphatic hydroxyl groups excluding tert-OH is 1. The van der Waals surface area contributed by atoms with E-state index in [0.717, 1.165) is 17.5 Å². The highest BCUT2D eigenvalue weighted by atomic mass is 16.3. The van der Waals surface area contributed by atoms with Gasteiger partial charge in [-0.3, -0.25) is 0 Å². The van der Waals surface area contributed by atoms with E-state index < -0.39 is 0 Å². The molecule has 82 valence electrons. The van der Waals surface area contributed by atoms with Crippen molar-refractivity contribution in [1.29, 1.82) is 0 Å². The predicted octanol–water partition coefficient (Wildman–Crippen LogP) is 3.41. The maximum Gasteiger partial charge on any atom is 0.0687 e. The van der Waals surface area contributed by atoms with Crippen molar-refractivity contribution in [2.24, 2.45) is 0 Å². The van der Waals surface area contributed by atoms with Gasteiger partial charge in [0.15, 0.2) is 0 Å². The molecule has 0 atom stereocenters. The third-order valence-corrected chi connectivity index (χ3v) is 2.83. The zero-order chi connectivity index (χ0) is 11.4. The molecule has 2 rings (SSSR count). The van der Waals surface area contributed by atoms with Crippen LogP contribution in [-0.2, 0) is 13.0 Å². The minimum absolute atomic E-state index is 0.0898. The first-order valence-corrected chi connectivity index (χ1v) is 5.63. The Morgan fingerprint density at radius 2 is 1.81 bits per heavy atom. The van der Waals surface area contributed by atoms with Crippen LogP contribution >= 0.6 is 0 Å². The van der Waals surface area contributed by atoms with E-state index >= 15 is 0 Å². The first-order chi connectivity index (χ1) is 7.85. The number of hydrogen-bond donors (Lipinski definition) is 1. The lowest BCUT2D eigenvalue weighted by atomic mass is 9.98. The van der Waals surface area contributed by atoms with Crippen LogP contribution in [-0.4, -0.2) is 5.11 Å². The molecule has 0 spiro atoms. The quantitative estimate of drug-likeness (QED) is 0.826. The second-order valence-corrected chi connectivity index (χ2v) is 3.87. The van der Waals surface area contributed by atoms with E-state index in [0.29, 0.717) is 0 Å². The Morgan fingerprint density at radius 1 is 1.00 bits per heavy atom. The third kappa shape index (κ3) is 2.15. The molecule has 0 aliphatic heterocycles. The fraction of sp³-hybridized carbons (Fsp3) is 0.200. The van der Waals surface area contributed by atoms with Gasteiger partial charge >= 0.3 is 0 Å². The average molecular weight is 212 g/mol. The maximum absolute atomic E-state index is 9.31. The second-order valence-electron chi connectivity index (χ2n) is 3.87. The molecule has 0 bridgehead atoms. The number of aryl methyl sites for hydroxylation is 1. The van der Waals surface area contributed by atoms with Gasteiger partial charge in [0.25, 0.3) is 0 Å². The first kappa shape index (κ1) is 10.9. The molecule has 0 unspecified atom stereocenters. The standard InChI is InChI=1S/C15H16O/c1-2-12-6-5-8-13(10-12)15-9-4-3-7-14(15)11-16/h3-10,16H,2,11H2,1H3. The summed E-state index contributed by atoms with van der Waals surface area (Å²) in [6.45, 7) is 2.24. The summed E-state index contributed by atoms with van der Waals surface area (Å²) < 4.78 is 0. The molecule has 0 amide bonds. The van der Waals surface area contributed by atoms with Crippen molar-refractivity contribution in [3.05, 3.63) is 59.7 Å². The largest absolute Gasteiger partial charge is 0.392 e. The molecular formula is C15H16O. The summed E-state index contributed by atoms with van der Waals surface area (Å²) >= 11 is 0. The lowest BCUT2D eigenvalue weighted by Crippen LogP contribution is -1.89. The van der Waals surface area contributed by atoms with Gasteiger partial charge in [-0.15, -0.1) is 0 Å². The van der Waals surface area contributed by atoms with Gasteiger partial charge in [-0.25, -0.2) is 0 Å². The lowest BCUT2D eigenvalue weighted by molar-refractivity contribution is 0.282. The van der Waals surface area contributed by atoms with E-state index in [4.69, 9.17) is 0 Å². The van der Waals surface area contributed by atoms with Crippen LogP contribution in [0.3, 0.4) is 0 Å². The Morgan fingerprint density at radius 3 is 2.56 bits per heavy atom. The highest BCUT2D eigenvalue weighted by Crippen LogP contribution is 2.24. The van der Waals surface area contributed by atoms with Gasteiger partial charge in [-0.05, 0) is 28.7 Å². The van der Waals surface area contributed by atoms with Gasteiger partial charge in [0.05, 0.1) is 6.61 Å². The van der Waals surface area contributed by atoms with Crippen LogP contribution in [0.2, 0.25) is 0 Å². The molecule has 0 heterocycles. The molecule has 0 saturated heterocycles. The van der Waals surface area contributed by atoms with Crippen molar-refractivity contribution in [2.45, 2.75) is 20.0 Å². The van der Waals surface area contributed by atoms with Crippen LogP contribution in [0.5, 0.6) is 0 Å². The summed E-state index contributed by atoms with van der Waals surface area (Å²) in [5, 5.41) is 9.31. The number of rotatable bonds is 3. The molecule has 0 aliphatic rings. The summed E-state index contributed by atoms with van der Waals surface area (Å²) in [5.41, 5.74) is 4.62. The molecule has 16 heavy (non-hydrogen) atoms. The van der Waals surface area contributed by atoms with Crippen molar-refractivity contribution in [3.63, 3.8) is 0 Å². The van der Waals surface area contributed by atoms with Crippen LogP contribution in [0.15, 0.2) is 48.5 Å². The van der Waals surface area contributed by atoms with Gasteiger partial charge in [-0.2, -0.15) is 0 Å². The van der Waals surface area contributed by atoms with Crippen LogP contribution in [0.1, 0.15) is 18.1 Å². The van der Waals surface area contributed by atoms with Gasteiger partial charge in [0.2, 0.25) is 0 Å². The summed E-state index contributed by atoms with van der Waals surface area (Å²) in [6.07, 6.45) is 1.04. The minimum atomic E-state index is 0.0898. The first-order valence-electron chi connectivity index (χ1n) is 5.63. The van der Waals surface area contributed by atoms with Crippen molar-refractivity contribution in [1.82, 2.24) is 0 Å². The molecule has 0 radical (unpaired) electrons. The zero-order valence-corrected chi connectivity index (χ0v) is 9.48. The van der Waals surface area contributed by atoms with E-state index in [1.54, 1.807) is 0 Å². The van der Waals surface area contributed by atoms with Crippen LogP contribution in [0, 0.1) is 0 Å². The average Bonchev–Trinajstić information content (AvgIpc) is 2.38. The monoisotopic (exact) mass is 212 g/mol. The Bertz CT molecular complexity index is 474. The van der Waals surface area contributed by atoms with Crippen molar-refractivity contribution in [2.75, 3.05) is 0 Å². The minimum Gasteiger partial charge on any atom is -0.392 e. The van der Waals surface area contributed by atoms with Crippen molar-refractivity contribution >= 4 is 0 Å². The van der Waals surface area contributed by atoms with E-state index in [1.807, 2.05) is 18.2 Å². The van der Waals surface area contributed by atoms with E-state index in [2.05, 4.69) is 37.3 Å². The molecule has 2 aromatic rings. The number of benzene rings is 2. The van der Waals surface area contributed by atoms with E-state index in [-0.39, 0.29) is 6.61 Å². The smallest absolute Gasteiger partial charge is 0.0687 e. The van der Waals surface area contributed by atoms with Crippen molar-refractivity contribution in [3.8, 4) is 11.1 Å². The highest BCUT2D eigenvalue weighted by molar-refractivity contribution is 5.67. The van der Waals surface area contributed by atoms with E-state index in [1.165, 1.54) is 11.1 Å². The molecule has 1 nitrogen and oxygen atoms in total. The normalized spacial score (nSPS) is 10.4. The molecule has 1 heteroatoms. The number of aliphatic hydroxyl groups is 1. The Balaban J connectivity index is 2.49. The molecule has 1 N–H and O–H groups in total. The van der Waals surface area contributed by atoms with Crippen molar-refractivity contribution < 1.29 is 5.11 Å². The SMILES string of the molecule is CCc1cccc(-c2ccccc2CO)c1. The molecular weight excluding hydrogens is 196 g/mol. The van der Waals surface area contributed by atoms with Gasteiger partial charge < -0.3 is 5.11 Å². The molecule has 2 aromatic carbocycles. The fourth-order valence-corrected chi connectivity index (χ4v) is 1.90. The highest BCUT2D eigenvalue weighted by Gasteiger charge is 2.03. The van der Waals surface area contributed by atoms with Gasteiger partial charge in [0.1, 0.15) is 0 Å². The summed E-state index contributed by atoms with van der Waals surface area (Å²) in [7, 11) is 0. The molecule has 0 saturated carbocycles. The Hall–Kier alpha value is -1.60. The maximum atomic E-state index is 9.31. The summed E-state index contributed by atoms with van der Waals surface area (Å²) in [4.78, 5) is 0. The van der Waals surface area contributed by atoms with Crippen LogP contribution in [0.25, 0.3) is 11.1 Å². The van der Waals surface area contributed by atoms with Crippen LogP contribution < -0.4 is 0 Å². The lowest BCUT2D eigenvalue weighted by Gasteiger charge is -2.08. The van der Waals surface area contributed by atoms with Gasteiger partial charge in [-0.1, -0.05) is 55.5 Å². The molecule has 0 fully saturated rings. The summed E-state index contributed by atoms with van der Waals surface area (Å²) in [5.74, 6) is 0. The fourth-order valence-electron chi connectivity index (χ4n) is 1.90. The predicted molar refractivity (Wildman–Crippen MR) is 67.2 cm³/mol. The Labute approximate surface area is 96.4 Å². The van der Waals surface area contributed by atoms with Crippen LogP contribution in [0.4, 0.5) is 0 Å². The molecule has 0 aromatic heterocycles. The Kier molecular flexibility index (Phi) is 3.37. The topological polar surface area (TPSA) is 20.2 Å². The second kappa shape index (κ2) is 4.95.